The lowest BCUT2D eigenvalue weighted by Crippen LogP contribution is -2.47. The van der Waals surface area contributed by atoms with Crippen LogP contribution in [0.3, 0.4) is 0 Å². The van der Waals surface area contributed by atoms with Crippen molar-refractivity contribution < 1.29 is 9.59 Å². The first-order chi connectivity index (χ1) is 12.0. The Morgan fingerprint density at radius 1 is 1.08 bits per heavy atom. The molecule has 4 heteroatoms. The van der Waals surface area contributed by atoms with E-state index in [9.17, 15) is 9.59 Å². The number of carbonyl (C=O) groups is 2. The fourth-order valence-electron chi connectivity index (χ4n) is 4.02. The lowest BCUT2D eigenvalue weighted by Gasteiger charge is -2.33. The number of Topliss-reactive ketones (excluding diaryl/α,β-unsaturated/α-hetero) is 2. The number of nitrogens with zero attached hydrogens (tertiary/aromatic N) is 2. The van der Waals surface area contributed by atoms with E-state index in [4.69, 9.17) is 0 Å². The van der Waals surface area contributed by atoms with Gasteiger partial charge < -0.3 is 0 Å². The molecule has 25 heavy (non-hydrogen) atoms. The summed E-state index contributed by atoms with van der Waals surface area (Å²) in [5.41, 5.74) is 2.06. The van der Waals surface area contributed by atoms with E-state index >= 15 is 0 Å². The number of piperazine rings is 1. The number of hydrogen-bond donors (Lipinski definition) is 0. The number of likely N-dealkylation sites (tertiary alicyclic amines) is 2. The fraction of sp³-hybridized carbons (Fsp3) is 0.619. The van der Waals surface area contributed by atoms with Gasteiger partial charge in [-0.3, -0.25) is 19.4 Å². The van der Waals surface area contributed by atoms with Gasteiger partial charge in [-0.1, -0.05) is 32.0 Å². The molecule has 0 aliphatic carbocycles. The zero-order valence-electron chi connectivity index (χ0n) is 16.1. The average Bonchev–Trinajstić information content (AvgIpc) is 3.16. The molecule has 2 saturated heterocycles. The van der Waals surface area contributed by atoms with Crippen molar-refractivity contribution in [3.63, 3.8) is 0 Å². The van der Waals surface area contributed by atoms with Gasteiger partial charge in [0.25, 0.3) is 0 Å². The van der Waals surface area contributed by atoms with Crippen molar-refractivity contribution in [2.45, 2.75) is 59.0 Å². The van der Waals surface area contributed by atoms with Gasteiger partial charge in [0.2, 0.25) is 0 Å². The maximum absolute atomic E-state index is 11.4. The molecule has 2 fully saturated rings. The Hall–Kier alpha value is -1.52. The predicted octanol–water partition coefficient (Wildman–Crippen LogP) is 3.20. The average molecular weight is 344 g/mol. The zero-order valence-corrected chi connectivity index (χ0v) is 16.1. The van der Waals surface area contributed by atoms with Crippen LogP contribution in [0, 0.1) is 0 Å². The molecular weight excluding hydrogens is 312 g/mol. The van der Waals surface area contributed by atoms with Crippen LogP contribution in [0.5, 0.6) is 0 Å². The number of aryl methyl sites for hydroxylation is 1. The molecule has 2 aliphatic rings. The second-order valence-corrected chi connectivity index (χ2v) is 7.03. The standard InChI is InChI=1S/C19H26N2O2.C2H6/c1-14(22)11-21-13-18-10-19(21)12-20(18)8-4-6-16-5-3-7-17(9-16)15(2)23;1-2/h3,5,7,9,18-19H,4,6,8,10-13H2,1-2H3;1-2H3/t18-,19-;/m0./s1. The van der Waals surface area contributed by atoms with Crippen LogP contribution in [0.1, 0.15) is 56.5 Å². The van der Waals surface area contributed by atoms with Crippen molar-refractivity contribution in [2.24, 2.45) is 0 Å². The van der Waals surface area contributed by atoms with E-state index in [1.807, 2.05) is 32.0 Å². The molecule has 1 aromatic carbocycles. The molecule has 0 aromatic heterocycles. The third-order valence-electron chi connectivity index (χ3n) is 5.14. The summed E-state index contributed by atoms with van der Waals surface area (Å²) in [5, 5.41) is 0. The summed E-state index contributed by atoms with van der Waals surface area (Å²) in [7, 11) is 0. The highest BCUT2D eigenvalue weighted by atomic mass is 16.1. The van der Waals surface area contributed by atoms with E-state index in [0.717, 1.165) is 38.0 Å². The Kier molecular flexibility index (Phi) is 7.33. The summed E-state index contributed by atoms with van der Waals surface area (Å²) < 4.78 is 0. The quantitative estimate of drug-likeness (QED) is 0.712. The Morgan fingerprint density at radius 3 is 2.36 bits per heavy atom. The third kappa shape index (κ3) is 5.23. The first kappa shape index (κ1) is 19.8. The van der Waals surface area contributed by atoms with E-state index in [2.05, 4.69) is 15.9 Å². The van der Waals surface area contributed by atoms with Crippen LogP contribution in [0.4, 0.5) is 0 Å². The normalized spacial score (nSPS) is 22.6. The van der Waals surface area contributed by atoms with Gasteiger partial charge in [0.05, 0.1) is 6.54 Å². The lowest BCUT2D eigenvalue weighted by molar-refractivity contribution is -0.118. The second kappa shape index (κ2) is 9.25. The number of hydrogen-bond acceptors (Lipinski definition) is 4. The first-order valence-corrected chi connectivity index (χ1v) is 9.60. The van der Waals surface area contributed by atoms with Crippen molar-refractivity contribution in [3.8, 4) is 0 Å². The minimum Gasteiger partial charge on any atom is -0.299 e. The second-order valence-electron chi connectivity index (χ2n) is 7.03. The maximum Gasteiger partial charge on any atom is 0.159 e. The van der Waals surface area contributed by atoms with Crippen LogP contribution >= 0.6 is 0 Å². The van der Waals surface area contributed by atoms with Crippen molar-refractivity contribution in [1.29, 1.82) is 0 Å². The summed E-state index contributed by atoms with van der Waals surface area (Å²) in [6.45, 7) is 11.2. The summed E-state index contributed by atoms with van der Waals surface area (Å²) in [5.74, 6) is 0.406. The van der Waals surface area contributed by atoms with Gasteiger partial charge in [-0.05, 0) is 51.3 Å². The minimum absolute atomic E-state index is 0.134. The van der Waals surface area contributed by atoms with Gasteiger partial charge in [-0.25, -0.2) is 0 Å². The van der Waals surface area contributed by atoms with Crippen molar-refractivity contribution in [3.05, 3.63) is 35.4 Å². The van der Waals surface area contributed by atoms with Crippen LogP contribution in [0.2, 0.25) is 0 Å². The monoisotopic (exact) mass is 344 g/mol. The number of rotatable bonds is 7. The molecule has 3 rings (SSSR count). The first-order valence-electron chi connectivity index (χ1n) is 9.60. The van der Waals surface area contributed by atoms with E-state index in [1.165, 1.54) is 12.0 Å². The van der Waals surface area contributed by atoms with E-state index < -0.39 is 0 Å². The van der Waals surface area contributed by atoms with Gasteiger partial charge in [0.1, 0.15) is 5.78 Å². The molecule has 2 atom stereocenters. The topological polar surface area (TPSA) is 40.6 Å². The minimum atomic E-state index is 0.134. The molecule has 0 amide bonds. The van der Waals surface area contributed by atoms with Gasteiger partial charge in [-0.15, -0.1) is 0 Å². The molecular formula is C21H32N2O2. The van der Waals surface area contributed by atoms with Crippen molar-refractivity contribution in [1.82, 2.24) is 9.80 Å². The molecule has 138 valence electrons. The summed E-state index contributed by atoms with van der Waals surface area (Å²) in [6, 6.07) is 9.19. The molecule has 0 radical (unpaired) electrons. The third-order valence-corrected chi connectivity index (χ3v) is 5.14. The van der Waals surface area contributed by atoms with Crippen LogP contribution < -0.4 is 0 Å². The number of fused-ring (bicyclic) bond motifs is 2. The molecule has 1 aromatic rings. The van der Waals surface area contributed by atoms with Crippen molar-refractivity contribution in [2.75, 3.05) is 26.2 Å². The van der Waals surface area contributed by atoms with Gasteiger partial charge in [-0.2, -0.15) is 0 Å². The van der Waals surface area contributed by atoms with Crippen LogP contribution in [-0.2, 0) is 11.2 Å². The van der Waals surface area contributed by atoms with Gasteiger partial charge in [0, 0.05) is 30.7 Å². The Labute approximate surface area is 152 Å². The summed E-state index contributed by atoms with van der Waals surface area (Å²) in [4.78, 5) is 27.6. The SMILES string of the molecule is CC.CC(=O)CN1C[C@@H]2C[C@H]1CN2CCCc1cccc(C(C)=O)c1. The van der Waals surface area contributed by atoms with Crippen molar-refractivity contribution >= 4 is 11.6 Å². The van der Waals surface area contributed by atoms with Crippen LogP contribution in [-0.4, -0.2) is 59.6 Å². The fourth-order valence-corrected chi connectivity index (χ4v) is 4.02. The Morgan fingerprint density at radius 2 is 1.76 bits per heavy atom. The number of benzene rings is 1. The lowest BCUT2D eigenvalue weighted by atomic mass is 10.0. The molecule has 2 aliphatic heterocycles. The van der Waals surface area contributed by atoms with Crippen LogP contribution in [0.15, 0.2) is 24.3 Å². The highest BCUT2D eigenvalue weighted by Gasteiger charge is 2.42. The Bertz CT molecular complexity index is 599. The zero-order chi connectivity index (χ0) is 18.4. The molecule has 4 nitrogen and oxygen atoms in total. The van der Waals surface area contributed by atoms with E-state index in [1.54, 1.807) is 13.8 Å². The Balaban J connectivity index is 0.00000109. The summed E-state index contributed by atoms with van der Waals surface area (Å²) in [6.07, 6.45) is 3.36. The largest absolute Gasteiger partial charge is 0.299 e. The van der Waals surface area contributed by atoms with Gasteiger partial charge >= 0.3 is 0 Å². The molecule has 2 heterocycles. The predicted molar refractivity (Wildman–Crippen MR) is 102 cm³/mol. The molecule has 0 spiro atoms. The maximum atomic E-state index is 11.4. The van der Waals surface area contributed by atoms with Crippen LogP contribution in [0.25, 0.3) is 0 Å². The van der Waals surface area contributed by atoms with Gasteiger partial charge in [0.15, 0.2) is 5.78 Å². The smallest absolute Gasteiger partial charge is 0.159 e. The molecule has 0 saturated carbocycles. The van der Waals surface area contributed by atoms with E-state index in [-0.39, 0.29) is 11.6 Å². The molecule has 0 unspecified atom stereocenters. The number of ketones is 2. The highest BCUT2D eigenvalue weighted by Crippen LogP contribution is 2.30. The molecule has 2 bridgehead atoms. The molecule has 0 N–H and O–H groups in total. The number of carbonyl (C=O) groups excluding carboxylic acids is 2. The summed E-state index contributed by atoms with van der Waals surface area (Å²) >= 11 is 0. The highest BCUT2D eigenvalue weighted by molar-refractivity contribution is 5.94. The van der Waals surface area contributed by atoms with E-state index in [0.29, 0.717) is 18.6 Å².